The summed E-state index contributed by atoms with van der Waals surface area (Å²) in [5.41, 5.74) is 6.87. The molecule has 0 saturated heterocycles. The molecule has 0 spiro atoms. The molecule has 1 atom stereocenters. The van der Waals surface area contributed by atoms with Gasteiger partial charge in [-0.3, -0.25) is 0 Å². The summed E-state index contributed by atoms with van der Waals surface area (Å²) in [5.74, 6) is 2.83. The number of hydrogen-bond acceptors (Lipinski definition) is 4. The molecule has 0 radical (unpaired) electrons. The molecule has 0 aromatic heterocycles. The minimum absolute atomic E-state index is 0.201. The molecule has 0 unspecified atom stereocenters. The number of methoxy groups -OCH3 is 2. The number of nitrogens with two attached hydrogens (primary N) is 1. The minimum Gasteiger partial charge on any atom is -0.497 e. The summed E-state index contributed by atoms with van der Waals surface area (Å²) < 4.78 is 17.3. The second-order valence-corrected chi connectivity index (χ2v) is 5.41. The van der Waals surface area contributed by atoms with Crippen LogP contribution >= 0.6 is 15.9 Å². The third-order valence-corrected chi connectivity index (χ3v) is 3.68. The molecule has 0 heterocycles. The smallest absolute Gasteiger partial charge is 0.141 e. The number of hydrogen-bond donors (Lipinski definition) is 1. The predicted molar refractivity (Wildman–Crippen MR) is 86.4 cm³/mol. The molecule has 4 nitrogen and oxygen atoms in total. The number of halogens is 1. The maximum atomic E-state index is 6.04. The van der Waals surface area contributed by atoms with E-state index in [-0.39, 0.29) is 6.04 Å². The molecule has 0 amide bonds. The van der Waals surface area contributed by atoms with Gasteiger partial charge in [0, 0.05) is 6.04 Å². The monoisotopic (exact) mass is 351 g/mol. The van der Waals surface area contributed by atoms with E-state index < -0.39 is 0 Å². The van der Waals surface area contributed by atoms with Crippen LogP contribution in [0.5, 0.6) is 23.0 Å². The Balaban J connectivity index is 2.40. The van der Waals surface area contributed by atoms with E-state index in [2.05, 4.69) is 15.9 Å². The lowest BCUT2D eigenvalue weighted by molar-refractivity contribution is 0.396. The first-order valence-electron chi connectivity index (χ1n) is 6.50. The summed E-state index contributed by atoms with van der Waals surface area (Å²) in [6.45, 7) is 1.90. The third-order valence-electron chi connectivity index (χ3n) is 3.06. The molecule has 21 heavy (non-hydrogen) atoms. The van der Waals surface area contributed by atoms with Gasteiger partial charge in [-0.15, -0.1) is 0 Å². The molecule has 0 bridgehead atoms. The second-order valence-electron chi connectivity index (χ2n) is 4.56. The molecule has 0 aliphatic heterocycles. The Morgan fingerprint density at radius 1 is 1.00 bits per heavy atom. The number of benzene rings is 2. The highest BCUT2D eigenvalue weighted by atomic mass is 79.9. The Morgan fingerprint density at radius 3 is 2.29 bits per heavy atom. The summed E-state index contributed by atoms with van der Waals surface area (Å²) in [5, 5.41) is 0. The molecule has 2 N–H and O–H groups in total. The zero-order valence-corrected chi connectivity index (χ0v) is 13.8. The van der Waals surface area contributed by atoms with Crippen LogP contribution in [0.15, 0.2) is 40.9 Å². The van der Waals surface area contributed by atoms with Gasteiger partial charge >= 0.3 is 0 Å². The van der Waals surface area contributed by atoms with Crippen molar-refractivity contribution in [3.8, 4) is 23.0 Å². The predicted octanol–water partition coefficient (Wildman–Crippen LogP) is 4.28. The van der Waals surface area contributed by atoms with Gasteiger partial charge in [-0.2, -0.15) is 0 Å². The molecule has 0 fully saturated rings. The first kappa shape index (κ1) is 15.7. The molecule has 2 rings (SSSR count). The topological polar surface area (TPSA) is 53.7 Å². The molecule has 2 aromatic carbocycles. The second kappa shape index (κ2) is 6.83. The van der Waals surface area contributed by atoms with Crippen molar-refractivity contribution in [1.29, 1.82) is 0 Å². The largest absolute Gasteiger partial charge is 0.497 e. The Hall–Kier alpha value is -1.72. The molecule has 0 aliphatic carbocycles. The first-order chi connectivity index (χ1) is 10.1. The van der Waals surface area contributed by atoms with Gasteiger partial charge in [0.15, 0.2) is 0 Å². The van der Waals surface area contributed by atoms with Gasteiger partial charge in [-0.05, 0) is 53.2 Å². The van der Waals surface area contributed by atoms with E-state index in [1.54, 1.807) is 14.2 Å². The fourth-order valence-corrected chi connectivity index (χ4v) is 2.49. The molecule has 0 aliphatic rings. The highest BCUT2D eigenvalue weighted by Crippen LogP contribution is 2.38. The van der Waals surface area contributed by atoms with Gasteiger partial charge in [0.1, 0.15) is 23.0 Å². The highest BCUT2D eigenvalue weighted by molar-refractivity contribution is 9.10. The molecule has 2 aromatic rings. The van der Waals surface area contributed by atoms with Crippen molar-refractivity contribution in [2.75, 3.05) is 14.2 Å². The molecule has 0 saturated carbocycles. The molecule has 5 heteroatoms. The lowest BCUT2D eigenvalue weighted by atomic mass is 10.1. The van der Waals surface area contributed by atoms with E-state index in [1.165, 1.54) is 0 Å². The van der Waals surface area contributed by atoms with Crippen molar-refractivity contribution in [2.45, 2.75) is 13.0 Å². The Kier molecular flexibility index (Phi) is 5.09. The minimum atomic E-state index is -0.201. The quantitative estimate of drug-likeness (QED) is 0.873. The van der Waals surface area contributed by atoms with E-state index in [1.807, 2.05) is 43.3 Å². The first-order valence-corrected chi connectivity index (χ1v) is 7.30. The van der Waals surface area contributed by atoms with Gasteiger partial charge < -0.3 is 19.9 Å². The third kappa shape index (κ3) is 3.49. The normalized spacial score (nSPS) is 11.9. The van der Waals surface area contributed by atoms with Crippen LogP contribution in [0.1, 0.15) is 18.5 Å². The maximum Gasteiger partial charge on any atom is 0.141 e. The fraction of sp³-hybridized carbons (Fsp3) is 0.250. The molecule has 112 valence electrons. The zero-order chi connectivity index (χ0) is 15.4. The number of rotatable bonds is 5. The van der Waals surface area contributed by atoms with Crippen molar-refractivity contribution < 1.29 is 14.2 Å². The van der Waals surface area contributed by atoms with Gasteiger partial charge in [0.25, 0.3) is 0 Å². The average molecular weight is 352 g/mol. The Morgan fingerprint density at radius 2 is 1.71 bits per heavy atom. The summed E-state index contributed by atoms with van der Waals surface area (Å²) in [6.07, 6.45) is 0. The SMILES string of the molecule is COc1ccc(Oc2cccc(OC)c2[C@@H](C)N)c(Br)c1. The van der Waals surface area contributed by atoms with Crippen LogP contribution < -0.4 is 19.9 Å². The van der Waals surface area contributed by atoms with E-state index in [9.17, 15) is 0 Å². The Bertz CT molecular complexity index is 629. The van der Waals surface area contributed by atoms with Crippen LogP contribution in [0.2, 0.25) is 0 Å². The van der Waals surface area contributed by atoms with Gasteiger partial charge in [-0.25, -0.2) is 0 Å². The fourth-order valence-electron chi connectivity index (χ4n) is 2.05. The number of ether oxygens (including phenoxy) is 3. The lowest BCUT2D eigenvalue weighted by Gasteiger charge is -2.17. The van der Waals surface area contributed by atoms with Crippen molar-refractivity contribution >= 4 is 15.9 Å². The van der Waals surface area contributed by atoms with Crippen LogP contribution in [-0.2, 0) is 0 Å². The molecular weight excluding hydrogens is 334 g/mol. The highest BCUT2D eigenvalue weighted by Gasteiger charge is 2.16. The lowest BCUT2D eigenvalue weighted by Crippen LogP contribution is -2.08. The van der Waals surface area contributed by atoms with Crippen LogP contribution in [0.25, 0.3) is 0 Å². The summed E-state index contributed by atoms with van der Waals surface area (Å²) in [4.78, 5) is 0. The van der Waals surface area contributed by atoms with Crippen LogP contribution in [0.4, 0.5) is 0 Å². The summed E-state index contributed by atoms with van der Waals surface area (Å²) in [7, 11) is 3.24. The van der Waals surface area contributed by atoms with Gasteiger partial charge in [0.2, 0.25) is 0 Å². The zero-order valence-electron chi connectivity index (χ0n) is 12.2. The van der Waals surface area contributed by atoms with Gasteiger partial charge in [-0.1, -0.05) is 6.07 Å². The standard InChI is InChI=1S/C16H18BrNO3/c1-10(18)16-14(20-3)5-4-6-15(16)21-13-8-7-11(19-2)9-12(13)17/h4-10H,18H2,1-3H3/t10-/m1/s1. The van der Waals surface area contributed by atoms with Crippen LogP contribution in [-0.4, -0.2) is 14.2 Å². The van der Waals surface area contributed by atoms with Crippen molar-refractivity contribution in [1.82, 2.24) is 0 Å². The Labute approximate surface area is 132 Å². The summed E-state index contributed by atoms with van der Waals surface area (Å²) >= 11 is 3.48. The molecular formula is C16H18BrNO3. The summed E-state index contributed by atoms with van der Waals surface area (Å²) in [6, 6.07) is 10.9. The van der Waals surface area contributed by atoms with Crippen molar-refractivity contribution in [3.05, 3.63) is 46.4 Å². The van der Waals surface area contributed by atoms with Gasteiger partial charge in [0.05, 0.1) is 24.3 Å². The van der Waals surface area contributed by atoms with E-state index in [0.717, 1.165) is 15.8 Å². The van der Waals surface area contributed by atoms with E-state index >= 15 is 0 Å². The van der Waals surface area contributed by atoms with Crippen LogP contribution in [0.3, 0.4) is 0 Å². The average Bonchev–Trinajstić information content (AvgIpc) is 2.48. The van der Waals surface area contributed by atoms with E-state index in [4.69, 9.17) is 19.9 Å². The van der Waals surface area contributed by atoms with Crippen LogP contribution in [0, 0.1) is 0 Å². The van der Waals surface area contributed by atoms with Crippen molar-refractivity contribution in [2.24, 2.45) is 5.73 Å². The van der Waals surface area contributed by atoms with E-state index in [0.29, 0.717) is 17.2 Å². The maximum absolute atomic E-state index is 6.04. The van der Waals surface area contributed by atoms with Crippen molar-refractivity contribution in [3.63, 3.8) is 0 Å².